The van der Waals surface area contributed by atoms with E-state index in [2.05, 4.69) is 52.0 Å². The molecule has 4 nitrogen and oxygen atoms in total. The van der Waals surface area contributed by atoms with Crippen molar-refractivity contribution in [2.45, 2.75) is 72.3 Å². The minimum Gasteiger partial charge on any atom is -0.378 e. The summed E-state index contributed by atoms with van der Waals surface area (Å²) in [6.45, 7) is 11.6. The van der Waals surface area contributed by atoms with Gasteiger partial charge in [-0.05, 0) is 63.6 Å². The Morgan fingerprint density at radius 1 is 1.29 bits per heavy atom. The maximum atomic E-state index is 12.5. The molecule has 1 saturated heterocycles. The number of ether oxygens (including phenoxy) is 1. The lowest BCUT2D eigenvalue weighted by Gasteiger charge is -2.42. The first-order valence-corrected chi connectivity index (χ1v) is 9.77. The van der Waals surface area contributed by atoms with Crippen LogP contribution in [0.15, 0.2) is 0 Å². The zero-order valence-electron chi connectivity index (χ0n) is 16.9. The van der Waals surface area contributed by atoms with E-state index < -0.39 is 0 Å². The number of carbonyl (C=O) groups is 1. The number of carbonyl (C=O) groups excluding carboxylic acids is 1. The van der Waals surface area contributed by atoms with Gasteiger partial charge in [0, 0.05) is 19.6 Å². The highest BCUT2D eigenvalue weighted by Crippen LogP contribution is 2.43. The first kappa shape index (κ1) is 21.4. The Morgan fingerprint density at radius 3 is 2.58 bits per heavy atom. The molecular weight excluding hydrogens is 300 g/mol. The van der Waals surface area contributed by atoms with Crippen molar-refractivity contribution in [3.63, 3.8) is 0 Å². The minimum atomic E-state index is 0.128. The number of hydrogen-bond acceptors (Lipinski definition) is 3. The van der Waals surface area contributed by atoms with Crippen molar-refractivity contribution in [1.29, 1.82) is 0 Å². The number of hydrogen-bond donors (Lipinski definition) is 1. The van der Waals surface area contributed by atoms with Crippen molar-refractivity contribution >= 4 is 5.91 Å². The van der Waals surface area contributed by atoms with Crippen molar-refractivity contribution < 1.29 is 9.53 Å². The molecule has 1 aliphatic rings. The molecule has 1 amide bonds. The molecule has 2 atom stereocenters. The van der Waals surface area contributed by atoms with Gasteiger partial charge in [-0.3, -0.25) is 4.79 Å². The molecule has 1 heterocycles. The molecule has 142 valence electrons. The van der Waals surface area contributed by atoms with E-state index in [-0.39, 0.29) is 11.3 Å². The molecule has 1 rings (SSSR count). The molecule has 0 radical (unpaired) electrons. The van der Waals surface area contributed by atoms with Gasteiger partial charge in [0.1, 0.15) is 0 Å². The highest BCUT2D eigenvalue weighted by atomic mass is 16.5. The van der Waals surface area contributed by atoms with Gasteiger partial charge in [0.25, 0.3) is 0 Å². The fourth-order valence-electron chi connectivity index (χ4n) is 3.54. The van der Waals surface area contributed by atoms with Gasteiger partial charge in [-0.15, -0.1) is 0 Å². The van der Waals surface area contributed by atoms with E-state index in [4.69, 9.17) is 4.74 Å². The summed E-state index contributed by atoms with van der Waals surface area (Å²) in [7, 11) is 4.13. The lowest BCUT2D eigenvalue weighted by molar-refractivity contribution is -0.128. The molecule has 0 bridgehead atoms. The summed E-state index contributed by atoms with van der Waals surface area (Å²) in [6, 6.07) is 0. The minimum absolute atomic E-state index is 0.128. The average Bonchev–Trinajstić information content (AvgIpc) is 2.50. The zero-order valence-corrected chi connectivity index (χ0v) is 16.9. The summed E-state index contributed by atoms with van der Waals surface area (Å²) in [4.78, 5) is 14.7. The Balaban J connectivity index is 2.59. The van der Waals surface area contributed by atoms with E-state index in [1.165, 1.54) is 6.42 Å². The van der Waals surface area contributed by atoms with E-state index >= 15 is 0 Å². The fraction of sp³-hybridized carbons (Fsp3) is 0.950. The topological polar surface area (TPSA) is 41.6 Å². The number of nitrogens with zero attached hydrogens (tertiary/aromatic N) is 1. The average molecular weight is 341 g/mol. The van der Waals surface area contributed by atoms with E-state index in [0.717, 1.165) is 45.4 Å². The summed E-state index contributed by atoms with van der Waals surface area (Å²) in [5.74, 6) is 1.43. The lowest BCUT2D eigenvalue weighted by Crippen LogP contribution is -2.41. The van der Waals surface area contributed by atoms with Crippen LogP contribution in [0.5, 0.6) is 0 Å². The summed E-state index contributed by atoms with van der Waals surface area (Å²) < 4.78 is 5.97. The summed E-state index contributed by atoms with van der Waals surface area (Å²) in [6.07, 6.45) is 6.36. The standard InChI is InChI=1S/C20H40N2O2/c1-16(2)8-9-20(10-13-24-18(14-20)17(3)4)15-19(23)21-11-7-12-22(5)6/h16-18H,7-15H2,1-6H3,(H,21,23)/t18-,20-/m1/s1. The molecule has 0 saturated carbocycles. The highest BCUT2D eigenvalue weighted by Gasteiger charge is 2.39. The second-order valence-electron chi connectivity index (χ2n) is 8.72. The number of nitrogens with one attached hydrogen (secondary N) is 1. The van der Waals surface area contributed by atoms with Crippen LogP contribution >= 0.6 is 0 Å². The maximum absolute atomic E-state index is 12.5. The van der Waals surface area contributed by atoms with E-state index in [1.807, 2.05) is 0 Å². The first-order valence-electron chi connectivity index (χ1n) is 9.77. The van der Waals surface area contributed by atoms with Gasteiger partial charge in [-0.1, -0.05) is 34.1 Å². The second kappa shape index (κ2) is 10.4. The molecule has 1 N–H and O–H groups in total. The summed E-state index contributed by atoms with van der Waals surface area (Å²) in [5.41, 5.74) is 0.128. The van der Waals surface area contributed by atoms with Gasteiger partial charge in [-0.2, -0.15) is 0 Å². The van der Waals surface area contributed by atoms with Gasteiger partial charge >= 0.3 is 0 Å². The van der Waals surface area contributed by atoms with Crippen molar-refractivity contribution in [2.24, 2.45) is 17.3 Å². The van der Waals surface area contributed by atoms with E-state index in [9.17, 15) is 4.79 Å². The number of amides is 1. The Kier molecular flexibility index (Phi) is 9.28. The van der Waals surface area contributed by atoms with Gasteiger partial charge in [0.15, 0.2) is 0 Å². The zero-order chi connectivity index (χ0) is 18.2. The fourth-order valence-corrected chi connectivity index (χ4v) is 3.54. The van der Waals surface area contributed by atoms with Crippen molar-refractivity contribution in [3.05, 3.63) is 0 Å². The van der Waals surface area contributed by atoms with Crippen LogP contribution in [0.1, 0.15) is 66.2 Å². The van der Waals surface area contributed by atoms with Crippen LogP contribution < -0.4 is 5.32 Å². The SMILES string of the molecule is CC(C)CC[C@@]1(CC(=O)NCCCN(C)C)CCO[C@@H](C(C)C)C1. The molecule has 0 aromatic rings. The summed E-state index contributed by atoms with van der Waals surface area (Å²) >= 11 is 0. The molecule has 0 aromatic heterocycles. The molecular formula is C20H40N2O2. The lowest BCUT2D eigenvalue weighted by atomic mass is 9.69. The molecule has 4 heteroatoms. The van der Waals surface area contributed by atoms with Crippen LogP contribution in [0, 0.1) is 17.3 Å². The second-order valence-corrected chi connectivity index (χ2v) is 8.72. The van der Waals surface area contributed by atoms with Crippen LogP contribution in [0.3, 0.4) is 0 Å². The third-order valence-electron chi connectivity index (χ3n) is 5.23. The third kappa shape index (κ3) is 7.98. The van der Waals surface area contributed by atoms with Crippen molar-refractivity contribution in [3.8, 4) is 0 Å². The Morgan fingerprint density at radius 2 is 2.00 bits per heavy atom. The van der Waals surface area contributed by atoms with Crippen LogP contribution in [0.25, 0.3) is 0 Å². The molecule has 1 aliphatic heterocycles. The van der Waals surface area contributed by atoms with Crippen LogP contribution in [-0.2, 0) is 9.53 Å². The maximum Gasteiger partial charge on any atom is 0.220 e. The van der Waals surface area contributed by atoms with Gasteiger partial charge in [0.2, 0.25) is 5.91 Å². The van der Waals surface area contributed by atoms with Crippen LogP contribution in [-0.4, -0.2) is 50.7 Å². The molecule has 0 aliphatic carbocycles. The Bertz CT molecular complexity index is 369. The van der Waals surface area contributed by atoms with E-state index in [0.29, 0.717) is 24.4 Å². The Hall–Kier alpha value is -0.610. The van der Waals surface area contributed by atoms with Gasteiger partial charge in [-0.25, -0.2) is 0 Å². The predicted molar refractivity (Wildman–Crippen MR) is 101 cm³/mol. The van der Waals surface area contributed by atoms with Crippen LogP contribution in [0.4, 0.5) is 0 Å². The Labute approximate surface area is 149 Å². The van der Waals surface area contributed by atoms with Crippen LogP contribution in [0.2, 0.25) is 0 Å². The summed E-state index contributed by atoms with van der Waals surface area (Å²) in [5, 5.41) is 3.14. The quantitative estimate of drug-likeness (QED) is 0.617. The molecule has 24 heavy (non-hydrogen) atoms. The predicted octanol–water partition coefficient (Wildman–Crippen LogP) is 3.70. The third-order valence-corrected chi connectivity index (χ3v) is 5.23. The molecule has 0 aromatic carbocycles. The highest BCUT2D eigenvalue weighted by molar-refractivity contribution is 5.76. The first-order chi connectivity index (χ1) is 11.2. The van der Waals surface area contributed by atoms with Gasteiger partial charge in [0.05, 0.1) is 6.10 Å². The molecule has 1 fully saturated rings. The van der Waals surface area contributed by atoms with E-state index in [1.54, 1.807) is 0 Å². The smallest absolute Gasteiger partial charge is 0.220 e. The molecule has 0 unspecified atom stereocenters. The molecule has 0 spiro atoms. The largest absolute Gasteiger partial charge is 0.378 e. The van der Waals surface area contributed by atoms with Gasteiger partial charge < -0.3 is 15.0 Å². The van der Waals surface area contributed by atoms with Crippen molar-refractivity contribution in [1.82, 2.24) is 10.2 Å². The number of rotatable bonds is 10. The van der Waals surface area contributed by atoms with Crippen molar-refractivity contribution in [2.75, 3.05) is 33.8 Å². The normalized spacial score (nSPS) is 24.8. The monoisotopic (exact) mass is 340 g/mol.